The Bertz CT molecular complexity index is 1390. The van der Waals surface area contributed by atoms with E-state index in [4.69, 9.17) is 23.8 Å². The highest BCUT2D eigenvalue weighted by Crippen LogP contribution is 2.56. The fraction of sp³-hybridized carbons (Fsp3) is 0.536. The summed E-state index contributed by atoms with van der Waals surface area (Å²) in [6.07, 6.45) is 2.54. The van der Waals surface area contributed by atoms with E-state index >= 15 is 0 Å². The van der Waals surface area contributed by atoms with E-state index in [2.05, 4.69) is 65.6 Å². The Labute approximate surface area is 240 Å². The van der Waals surface area contributed by atoms with Gasteiger partial charge in [0.15, 0.2) is 23.2 Å². The molecule has 2 aliphatic heterocycles. The summed E-state index contributed by atoms with van der Waals surface area (Å²) in [6, 6.07) is 11.4. The number of carbonyl (C=O) groups is 1. The molecule has 2 fully saturated rings. The van der Waals surface area contributed by atoms with Crippen molar-refractivity contribution in [2.75, 3.05) is 18.5 Å². The molecule has 2 saturated heterocycles. The Morgan fingerprint density at radius 1 is 1.24 bits per heavy atom. The molecule has 1 amide bonds. The van der Waals surface area contributed by atoms with Crippen LogP contribution < -0.4 is 5.32 Å². The van der Waals surface area contributed by atoms with Gasteiger partial charge in [-0.05, 0) is 46.2 Å². The molecule has 5 unspecified atom stereocenters. The minimum Gasteiger partial charge on any atom is -0.368 e. The smallest absolute Gasteiger partial charge is 0.259 e. The lowest BCUT2D eigenvalue weighted by Gasteiger charge is -2.38. The number of nitrogens with one attached hydrogen (secondary N) is 1. The quantitative estimate of drug-likeness (QED) is 0.234. The zero-order chi connectivity index (χ0) is 29.1. The normalized spacial score (nSPS) is 24.4. The highest BCUT2D eigenvalue weighted by atomic mass is 31.2. The maximum absolute atomic E-state index is 12.8. The topological polar surface area (TPSA) is 137 Å². The minimum absolute atomic E-state index is 0.163. The van der Waals surface area contributed by atoms with E-state index in [-0.39, 0.29) is 31.0 Å². The summed E-state index contributed by atoms with van der Waals surface area (Å²) < 4.78 is 30.0. The third kappa shape index (κ3) is 5.71. The Morgan fingerprint density at radius 3 is 2.68 bits per heavy atom. The van der Waals surface area contributed by atoms with Crippen LogP contribution in [0.5, 0.6) is 0 Å². The van der Waals surface area contributed by atoms with Gasteiger partial charge >= 0.3 is 0 Å². The molecule has 1 aromatic carbocycles. The fourth-order valence-corrected chi connectivity index (χ4v) is 7.21. The van der Waals surface area contributed by atoms with Gasteiger partial charge in [-0.3, -0.25) is 9.36 Å². The molecule has 2 aromatic heterocycles. The summed E-state index contributed by atoms with van der Waals surface area (Å²) in [7, 11) is -1.50. The molecule has 41 heavy (non-hydrogen) atoms. The lowest BCUT2D eigenvalue weighted by molar-refractivity contribution is -0.172. The van der Waals surface area contributed by atoms with Gasteiger partial charge < -0.3 is 23.8 Å². The van der Waals surface area contributed by atoms with Gasteiger partial charge in [-0.15, -0.1) is 0 Å². The van der Waals surface area contributed by atoms with Crippen molar-refractivity contribution in [1.29, 1.82) is 5.26 Å². The second-order valence-corrected chi connectivity index (χ2v) is 12.0. The molecule has 218 valence electrons. The van der Waals surface area contributed by atoms with Gasteiger partial charge in [-0.2, -0.15) is 5.26 Å². The molecular weight excluding hydrogens is 545 g/mol. The van der Waals surface area contributed by atoms with Crippen LogP contribution in [-0.4, -0.2) is 73.2 Å². The predicted octanol–water partition coefficient (Wildman–Crippen LogP) is 4.82. The fourth-order valence-electron chi connectivity index (χ4n) is 5.39. The molecule has 4 heterocycles. The number of fused-ring (bicyclic) bond motifs is 3. The lowest BCUT2D eigenvalue weighted by Crippen LogP contribution is -2.42. The number of nitrogens with zero attached hydrogens (tertiary/aromatic N) is 6. The zero-order valence-electron chi connectivity index (χ0n) is 23.9. The van der Waals surface area contributed by atoms with Crippen molar-refractivity contribution in [2.24, 2.45) is 0 Å². The standard InChI is InChI=1S/C28H36N7O5P/c1-6-28-15-37-22(23(28)40-41(38-14-10-13-29)35(18(2)3)19(4)5)27(39-28)34-17-32-21-24(30-16-31-25(21)34)33-26(36)20-11-8-7-9-12-20/h7-9,11-12,16-19,22-23,27H,6,10,14-15H2,1-5H3,(H,30,31,33,36). The van der Waals surface area contributed by atoms with Crippen LogP contribution in [0.4, 0.5) is 5.82 Å². The van der Waals surface area contributed by atoms with Gasteiger partial charge in [0.1, 0.15) is 24.1 Å². The van der Waals surface area contributed by atoms with Gasteiger partial charge in [0.2, 0.25) is 0 Å². The average Bonchev–Trinajstić information content (AvgIpc) is 3.63. The monoisotopic (exact) mass is 581 g/mol. The van der Waals surface area contributed by atoms with E-state index in [1.807, 2.05) is 10.6 Å². The number of anilines is 1. The molecule has 0 saturated carbocycles. The molecular formula is C28H36N7O5P. The maximum Gasteiger partial charge on any atom is 0.259 e. The lowest BCUT2D eigenvalue weighted by atomic mass is 9.96. The first-order chi connectivity index (χ1) is 19.8. The molecule has 0 radical (unpaired) electrons. The van der Waals surface area contributed by atoms with Crippen LogP contribution in [-0.2, 0) is 18.5 Å². The van der Waals surface area contributed by atoms with Crippen LogP contribution in [0.3, 0.4) is 0 Å². The zero-order valence-corrected chi connectivity index (χ0v) is 24.8. The molecule has 13 heteroatoms. The Balaban J connectivity index is 1.42. The van der Waals surface area contributed by atoms with Crippen LogP contribution in [0.1, 0.15) is 64.0 Å². The van der Waals surface area contributed by atoms with Crippen LogP contribution in [0, 0.1) is 11.3 Å². The van der Waals surface area contributed by atoms with Crippen LogP contribution in [0.25, 0.3) is 11.2 Å². The molecule has 0 aliphatic carbocycles. The molecule has 1 N–H and O–H groups in total. The second-order valence-electron chi connectivity index (χ2n) is 10.6. The summed E-state index contributed by atoms with van der Waals surface area (Å²) in [4.78, 5) is 26.1. The summed E-state index contributed by atoms with van der Waals surface area (Å²) >= 11 is 0. The number of benzene rings is 1. The summed E-state index contributed by atoms with van der Waals surface area (Å²) in [5.41, 5.74) is 0.771. The number of nitriles is 1. The van der Waals surface area contributed by atoms with Gasteiger partial charge in [0.25, 0.3) is 14.4 Å². The summed E-state index contributed by atoms with van der Waals surface area (Å²) in [6.45, 7) is 11.1. The maximum atomic E-state index is 12.8. The highest BCUT2D eigenvalue weighted by molar-refractivity contribution is 7.44. The van der Waals surface area contributed by atoms with Gasteiger partial charge in [0.05, 0.1) is 32.0 Å². The molecule has 2 aliphatic rings. The number of rotatable bonds is 12. The van der Waals surface area contributed by atoms with E-state index < -0.39 is 32.6 Å². The number of imidazole rings is 1. The molecule has 3 aromatic rings. The van der Waals surface area contributed by atoms with E-state index in [1.54, 1.807) is 30.6 Å². The largest absolute Gasteiger partial charge is 0.368 e. The number of amides is 1. The van der Waals surface area contributed by atoms with Crippen molar-refractivity contribution in [3.05, 3.63) is 48.5 Å². The van der Waals surface area contributed by atoms with E-state index in [1.165, 1.54) is 6.33 Å². The third-order valence-electron chi connectivity index (χ3n) is 7.34. The van der Waals surface area contributed by atoms with Crippen molar-refractivity contribution < 1.29 is 23.3 Å². The Morgan fingerprint density at radius 2 is 2.00 bits per heavy atom. The van der Waals surface area contributed by atoms with Gasteiger partial charge in [0, 0.05) is 17.6 Å². The minimum atomic E-state index is -1.50. The predicted molar refractivity (Wildman–Crippen MR) is 153 cm³/mol. The molecule has 5 atom stereocenters. The number of ether oxygens (including phenoxy) is 2. The van der Waals surface area contributed by atoms with E-state index in [9.17, 15) is 4.79 Å². The highest BCUT2D eigenvalue weighted by Gasteiger charge is 2.63. The Hall–Kier alpha value is -3.04. The Kier molecular flexibility index (Phi) is 8.94. The first-order valence-electron chi connectivity index (χ1n) is 13.9. The van der Waals surface area contributed by atoms with E-state index in [0.29, 0.717) is 35.6 Å². The SMILES string of the molecule is CCC12COC(C(n3cnc4c(NC(=O)c5ccccc5)ncnc43)O1)C2OP(OCCC#N)N(C(C)C)C(C)C. The van der Waals surface area contributed by atoms with Crippen molar-refractivity contribution in [3.8, 4) is 6.07 Å². The molecule has 5 rings (SSSR count). The number of hydrogen-bond donors (Lipinski definition) is 1. The first kappa shape index (κ1) is 29.5. The number of hydrogen-bond acceptors (Lipinski definition) is 10. The van der Waals surface area contributed by atoms with Crippen molar-refractivity contribution in [2.45, 2.75) is 83.6 Å². The van der Waals surface area contributed by atoms with E-state index in [0.717, 1.165) is 0 Å². The molecule has 12 nitrogen and oxygen atoms in total. The molecule has 0 spiro atoms. The van der Waals surface area contributed by atoms with Crippen molar-refractivity contribution >= 4 is 31.4 Å². The first-order valence-corrected chi connectivity index (χ1v) is 15.0. The summed E-state index contributed by atoms with van der Waals surface area (Å²) in [5.74, 6) is 0.0197. The van der Waals surface area contributed by atoms with Crippen molar-refractivity contribution in [3.63, 3.8) is 0 Å². The third-order valence-corrected chi connectivity index (χ3v) is 9.45. The molecule has 2 bridgehead atoms. The van der Waals surface area contributed by atoms with Gasteiger partial charge in [-0.25, -0.2) is 19.6 Å². The van der Waals surface area contributed by atoms with Crippen molar-refractivity contribution in [1.82, 2.24) is 24.2 Å². The number of aromatic nitrogens is 4. The average molecular weight is 582 g/mol. The van der Waals surface area contributed by atoms with Crippen LogP contribution >= 0.6 is 8.53 Å². The number of carbonyl (C=O) groups excluding carboxylic acids is 1. The van der Waals surface area contributed by atoms with Gasteiger partial charge in [-0.1, -0.05) is 25.1 Å². The second kappa shape index (κ2) is 12.4. The van der Waals surface area contributed by atoms with Crippen LogP contribution in [0.2, 0.25) is 0 Å². The summed E-state index contributed by atoms with van der Waals surface area (Å²) in [5, 5.41) is 11.9. The van der Waals surface area contributed by atoms with Crippen LogP contribution in [0.15, 0.2) is 43.0 Å².